The summed E-state index contributed by atoms with van der Waals surface area (Å²) in [6.45, 7) is 3.63. The van der Waals surface area contributed by atoms with Crippen molar-refractivity contribution in [3.05, 3.63) is 35.4 Å². The highest BCUT2D eigenvalue weighted by atomic mass is 16.4. The molecule has 1 aromatic rings. The number of carbonyl (C=O) groups excluding carboxylic acids is 2. The first kappa shape index (κ1) is 16.0. The van der Waals surface area contributed by atoms with E-state index in [4.69, 9.17) is 5.73 Å². The van der Waals surface area contributed by atoms with E-state index in [2.05, 4.69) is 0 Å². The molecule has 0 aliphatic carbocycles. The number of likely N-dealkylation sites (tertiary alicyclic amines) is 1. The first-order valence-electron chi connectivity index (χ1n) is 7.15. The normalized spacial score (nSPS) is 25.7. The lowest BCUT2D eigenvalue weighted by Crippen LogP contribution is -2.60. The van der Waals surface area contributed by atoms with Crippen molar-refractivity contribution >= 4 is 18.3 Å². The molecule has 3 atom stereocenters. The van der Waals surface area contributed by atoms with Crippen molar-refractivity contribution in [1.29, 1.82) is 0 Å². The van der Waals surface area contributed by atoms with E-state index in [1.807, 2.05) is 31.2 Å². The number of nitrogens with two attached hydrogens (primary N) is 1. The number of hydrogen-bond acceptors (Lipinski definition) is 3. The van der Waals surface area contributed by atoms with Crippen LogP contribution in [0, 0.1) is 12.8 Å². The fraction of sp³-hybridized carbons (Fsp3) is 0.438. The van der Waals surface area contributed by atoms with Crippen LogP contribution in [0.25, 0.3) is 0 Å². The smallest absolute Gasteiger partial charge is 0.408 e. The highest BCUT2D eigenvalue weighted by Crippen LogP contribution is 2.43. The number of carboxylic acid groups (broad SMARTS) is 1. The molecular formula is C16H20N2O4. The Bertz CT molecular complexity index is 616. The minimum Gasteiger partial charge on any atom is -0.465 e. The molecule has 0 radical (unpaired) electrons. The number of nitrogens with zero attached hydrogens (tertiary/aromatic N) is 1. The van der Waals surface area contributed by atoms with Gasteiger partial charge in [0.2, 0.25) is 5.91 Å². The molecule has 118 valence electrons. The summed E-state index contributed by atoms with van der Waals surface area (Å²) in [7, 11) is 0. The molecule has 1 fully saturated rings. The molecule has 0 spiro atoms. The third-order valence-electron chi connectivity index (χ3n) is 4.57. The fourth-order valence-corrected chi connectivity index (χ4v) is 3.33. The Morgan fingerprint density at radius 1 is 1.50 bits per heavy atom. The first-order chi connectivity index (χ1) is 10.3. The number of rotatable bonds is 4. The summed E-state index contributed by atoms with van der Waals surface area (Å²) in [5, 5.41) is 9.46. The number of primary amides is 1. The van der Waals surface area contributed by atoms with E-state index >= 15 is 0 Å². The van der Waals surface area contributed by atoms with Crippen LogP contribution >= 0.6 is 0 Å². The monoisotopic (exact) mass is 304 g/mol. The van der Waals surface area contributed by atoms with Crippen molar-refractivity contribution in [3.63, 3.8) is 0 Å². The number of hydrogen-bond donors (Lipinski definition) is 2. The molecule has 1 aliphatic heterocycles. The zero-order valence-corrected chi connectivity index (χ0v) is 12.7. The van der Waals surface area contributed by atoms with Crippen molar-refractivity contribution in [2.75, 3.05) is 6.54 Å². The van der Waals surface area contributed by atoms with E-state index in [0.717, 1.165) is 16.0 Å². The second-order valence-corrected chi connectivity index (χ2v) is 5.92. The molecule has 22 heavy (non-hydrogen) atoms. The lowest BCUT2D eigenvalue weighted by atomic mass is 9.79. The fourth-order valence-electron chi connectivity index (χ4n) is 3.33. The van der Waals surface area contributed by atoms with Gasteiger partial charge in [-0.15, -0.1) is 0 Å². The van der Waals surface area contributed by atoms with Crippen LogP contribution in [0.2, 0.25) is 0 Å². The van der Waals surface area contributed by atoms with Crippen molar-refractivity contribution < 1.29 is 19.5 Å². The number of aryl methyl sites for hydroxylation is 1. The number of aldehydes is 1. The van der Waals surface area contributed by atoms with Crippen molar-refractivity contribution in [1.82, 2.24) is 4.90 Å². The quantitative estimate of drug-likeness (QED) is 0.823. The summed E-state index contributed by atoms with van der Waals surface area (Å²) < 4.78 is 0. The Balaban J connectivity index is 2.47. The Morgan fingerprint density at radius 2 is 2.18 bits per heavy atom. The standard InChI is InChI=1S/C16H20N2O4/c1-10-4-3-5-12(6-10)13-7-16(14(17)20,11(2)9-19)18(8-13)15(21)22/h3-6,9,11,13H,7-8H2,1-2H3,(H2,17,20)(H,21,22). The molecule has 0 bridgehead atoms. The maximum Gasteiger partial charge on any atom is 0.408 e. The van der Waals surface area contributed by atoms with E-state index in [1.54, 1.807) is 0 Å². The van der Waals surface area contributed by atoms with Gasteiger partial charge in [0.05, 0.1) is 0 Å². The summed E-state index contributed by atoms with van der Waals surface area (Å²) in [6, 6.07) is 7.71. The summed E-state index contributed by atoms with van der Waals surface area (Å²) in [5.74, 6) is -1.73. The summed E-state index contributed by atoms with van der Waals surface area (Å²) in [6.07, 6.45) is -0.417. The van der Waals surface area contributed by atoms with E-state index in [0.29, 0.717) is 6.29 Å². The Kier molecular flexibility index (Phi) is 4.21. The minimum atomic E-state index is -1.48. The highest BCUT2D eigenvalue weighted by molar-refractivity contribution is 5.92. The third-order valence-corrected chi connectivity index (χ3v) is 4.57. The minimum absolute atomic E-state index is 0.153. The van der Waals surface area contributed by atoms with Crippen molar-refractivity contribution in [2.24, 2.45) is 11.7 Å². The maximum atomic E-state index is 12.0. The molecule has 6 nitrogen and oxygen atoms in total. The number of benzene rings is 1. The second kappa shape index (κ2) is 5.79. The predicted molar refractivity (Wildman–Crippen MR) is 80.4 cm³/mol. The van der Waals surface area contributed by atoms with E-state index < -0.39 is 23.5 Å². The Hall–Kier alpha value is -2.37. The molecule has 0 aromatic heterocycles. The second-order valence-electron chi connectivity index (χ2n) is 5.92. The van der Waals surface area contributed by atoms with Crippen LogP contribution < -0.4 is 5.73 Å². The lowest BCUT2D eigenvalue weighted by molar-refractivity contribution is -0.134. The van der Waals surface area contributed by atoms with Gasteiger partial charge in [-0.25, -0.2) is 4.79 Å². The average Bonchev–Trinajstić information content (AvgIpc) is 2.88. The Morgan fingerprint density at radius 3 is 2.68 bits per heavy atom. The largest absolute Gasteiger partial charge is 0.465 e. The number of amides is 2. The van der Waals surface area contributed by atoms with Crippen LogP contribution in [-0.2, 0) is 9.59 Å². The molecule has 0 saturated carbocycles. The molecule has 1 saturated heterocycles. The SMILES string of the molecule is Cc1cccc(C2CN(C(=O)O)C(C(N)=O)(C(C)C=O)C2)c1. The summed E-state index contributed by atoms with van der Waals surface area (Å²) in [5.41, 5.74) is 6.03. The molecule has 2 rings (SSSR count). The molecule has 1 aromatic carbocycles. The average molecular weight is 304 g/mol. The van der Waals surface area contributed by atoms with Crippen LogP contribution in [0.4, 0.5) is 4.79 Å². The molecular weight excluding hydrogens is 284 g/mol. The highest BCUT2D eigenvalue weighted by Gasteiger charge is 2.56. The molecule has 1 heterocycles. The zero-order valence-electron chi connectivity index (χ0n) is 12.7. The molecule has 3 N–H and O–H groups in total. The van der Waals surface area contributed by atoms with Gasteiger partial charge in [0.1, 0.15) is 11.8 Å². The van der Waals surface area contributed by atoms with Crippen LogP contribution in [0.1, 0.15) is 30.4 Å². The van der Waals surface area contributed by atoms with E-state index in [-0.39, 0.29) is 18.9 Å². The van der Waals surface area contributed by atoms with Crippen LogP contribution in [0.15, 0.2) is 24.3 Å². The molecule has 3 unspecified atom stereocenters. The summed E-state index contributed by atoms with van der Waals surface area (Å²) in [4.78, 5) is 35.9. The van der Waals surface area contributed by atoms with Gasteiger partial charge < -0.3 is 15.6 Å². The third kappa shape index (κ3) is 2.45. The zero-order chi connectivity index (χ0) is 16.5. The maximum absolute atomic E-state index is 12.0. The van der Waals surface area contributed by atoms with Gasteiger partial charge in [0.15, 0.2) is 0 Å². The topological polar surface area (TPSA) is 101 Å². The Labute approximate surface area is 128 Å². The van der Waals surface area contributed by atoms with Crippen LogP contribution in [-0.4, -0.2) is 40.4 Å². The van der Waals surface area contributed by atoms with Gasteiger partial charge in [-0.1, -0.05) is 36.8 Å². The number of carbonyl (C=O) groups is 3. The van der Waals surface area contributed by atoms with Gasteiger partial charge in [-0.3, -0.25) is 9.69 Å². The van der Waals surface area contributed by atoms with Gasteiger partial charge in [0.25, 0.3) is 0 Å². The van der Waals surface area contributed by atoms with Crippen molar-refractivity contribution in [2.45, 2.75) is 31.7 Å². The molecule has 1 aliphatic rings. The summed E-state index contributed by atoms with van der Waals surface area (Å²) >= 11 is 0. The van der Waals surface area contributed by atoms with E-state index in [9.17, 15) is 19.5 Å². The van der Waals surface area contributed by atoms with E-state index in [1.165, 1.54) is 6.92 Å². The predicted octanol–water partition coefficient (Wildman–Crippen LogP) is 1.52. The molecule has 2 amide bonds. The lowest BCUT2D eigenvalue weighted by Gasteiger charge is -2.36. The van der Waals surface area contributed by atoms with Gasteiger partial charge in [-0.05, 0) is 18.9 Å². The first-order valence-corrected chi connectivity index (χ1v) is 7.15. The van der Waals surface area contributed by atoms with Gasteiger partial charge >= 0.3 is 6.09 Å². The van der Waals surface area contributed by atoms with Gasteiger partial charge in [0, 0.05) is 18.4 Å². The van der Waals surface area contributed by atoms with Crippen molar-refractivity contribution in [3.8, 4) is 0 Å². The van der Waals surface area contributed by atoms with Crippen LogP contribution in [0.3, 0.4) is 0 Å². The van der Waals surface area contributed by atoms with Gasteiger partial charge in [-0.2, -0.15) is 0 Å². The van der Waals surface area contributed by atoms with Crippen LogP contribution in [0.5, 0.6) is 0 Å². The molecule has 6 heteroatoms.